The summed E-state index contributed by atoms with van der Waals surface area (Å²) in [5, 5.41) is 0. The summed E-state index contributed by atoms with van der Waals surface area (Å²) in [6.07, 6.45) is 0.748. The molecule has 1 N–H and O–H groups in total. The highest BCUT2D eigenvalue weighted by Gasteiger charge is 2.08. The zero-order chi connectivity index (χ0) is 12.7. The van der Waals surface area contributed by atoms with E-state index in [0.717, 1.165) is 6.42 Å². The maximum absolute atomic E-state index is 12.6. The SMILES string of the molecule is CCCNS(=O)(=O)CCOc1ccc(F)cc1. The molecule has 0 amide bonds. The predicted molar refractivity (Wildman–Crippen MR) is 64.0 cm³/mol. The topological polar surface area (TPSA) is 55.4 Å². The Kier molecular flexibility index (Phi) is 5.37. The van der Waals surface area contributed by atoms with Crippen molar-refractivity contribution in [2.24, 2.45) is 0 Å². The van der Waals surface area contributed by atoms with Crippen LogP contribution in [0.1, 0.15) is 13.3 Å². The molecule has 0 aromatic heterocycles. The zero-order valence-electron chi connectivity index (χ0n) is 9.65. The van der Waals surface area contributed by atoms with Crippen molar-refractivity contribution in [3.63, 3.8) is 0 Å². The smallest absolute Gasteiger partial charge is 0.214 e. The quantitative estimate of drug-likeness (QED) is 0.810. The first kappa shape index (κ1) is 13.9. The van der Waals surface area contributed by atoms with Gasteiger partial charge in [0, 0.05) is 6.54 Å². The van der Waals surface area contributed by atoms with Crippen molar-refractivity contribution in [3.05, 3.63) is 30.1 Å². The first-order valence-corrected chi connectivity index (χ1v) is 7.04. The molecule has 17 heavy (non-hydrogen) atoms. The van der Waals surface area contributed by atoms with E-state index in [2.05, 4.69) is 4.72 Å². The lowest BCUT2D eigenvalue weighted by atomic mass is 10.3. The van der Waals surface area contributed by atoms with Crippen molar-refractivity contribution in [3.8, 4) is 5.75 Å². The normalized spacial score (nSPS) is 11.4. The molecule has 96 valence electrons. The number of benzene rings is 1. The molecule has 0 aliphatic rings. The van der Waals surface area contributed by atoms with Crippen molar-refractivity contribution >= 4 is 10.0 Å². The Morgan fingerprint density at radius 3 is 2.53 bits per heavy atom. The van der Waals surface area contributed by atoms with Gasteiger partial charge < -0.3 is 4.74 Å². The molecular weight excluding hydrogens is 245 g/mol. The van der Waals surface area contributed by atoms with Crippen molar-refractivity contribution < 1.29 is 17.5 Å². The highest BCUT2D eigenvalue weighted by Crippen LogP contribution is 2.10. The Balaban J connectivity index is 2.34. The first-order valence-electron chi connectivity index (χ1n) is 5.39. The molecule has 0 radical (unpaired) electrons. The van der Waals surface area contributed by atoms with Gasteiger partial charge in [0.15, 0.2) is 0 Å². The molecule has 4 nitrogen and oxygen atoms in total. The summed E-state index contributed by atoms with van der Waals surface area (Å²) in [5.74, 6) is -0.00337. The second-order valence-electron chi connectivity index (χ2n) is 3.52. The molecule has 1 aromatic carbocycles. The largest absolute Gasteiger partial charge is 0.492 e. The Hall–Kier alpha value is -1.14. The maximum atomic E-state index is 12.6. The van der Waals surface area contributed by atoms with Crippen LogP contribution in [-0.4, -0.2) is 27.3 Å². The molecule has 0 heterocycles. The van der Waals surface area contributed by atoms with Crippen LogP contribution in [-0.2, 0) is 10.0 Å². The van der Waals surface area contributed by atoms with Crippen LogP contribution in [0.25, 0.3) is 0 Å². The van der Waals surface area contributed by atoms with Crippen molar-refractivity contribution in [1.82, 2.24) is 4.72 Å². The second kappa shape index (κ2) is 6.56. The molecule has 0 unspecified atom stereocenters. The zero-order valence-corrected chi connectivity index (χ0v) is 10.5. The van der Waals surface area contributed by atoms with E-state index >= 15 is 0 Å². The fraction of sp³-hybridized carbons (Fsp3) is 0.455. The first-order chi connectivity index (χ1) is 8.03. The fourth-order valence-electron chi connectivity index (χ4n) is 1.13. The van der Waals surface area contributed by atoms with Gasteiger partial charge in [-0.3, -0.25) is 0 Å². The lowest BCUT2D eigenvalue weighted by Gasteiger charge is -2.07. The third-order valence-electron chi connectivity index (χ3n) is 2.01. The van der Waals surface area contributed by atoms with Crippen molar-refractivity contribution in [2.75, 3.05) is 18.9 Å². The molecule has 0 bridgehead atoms. The summed E-state index contributed by atoms with van der Waals surface area (Å²) in [5.41, 5.74) is 0. The summed E-state index contributed by atoms with van der Waals surface area (Å²) in [4.78, 5) is 0. The molecule has 6 heteroatoms. The van der Waals surface area contributed by atoms with Crippen molar-refractivity contribution in [1.29, 1.82) is 0 Å². The number of nitrogens with one attached hydrogen (secondary N) is 1. The predicted octanol–water partition coefficient (Wildman–Crippen LogP) is 1.53. The molecule has 1 aromatic rings. The van der Waals surface area contributed by atoms with Crippen LogP contribution in [0.5, 0.6) is 5.75 Å². The lowest BCUT2D eigenvalue weighted by molar-refractivity contribution is 0.339. The summed E-state index contributed by atoms with van der Waals surface area (Å²) in [6, 6.07) is 5.45. The molecule has 0 saturated heterocycles. The monoisotopic (exact) mass is 261 g/mol. The Bertz CT molecular complexity index is 431. The van der Waals surface area contributed by atoms with Gasteiger partial charge in [0.2, 0.25) is 10.0 Å². The minimum atomic E-state index is -3.27. The maximum Gasteiger partial charge on any atom is 0.214 e. The summed E-state index contributed by atoms with van der Waals surface area (Å²) in [7, 11) is -3.27. The minimum Gasteiger partial charge on any atom is -0.492 e. The van der Waals surface area contributed by atoms with Gasteiger partial charge in [0.25, 0.3) is 0 Å². The molecule has 0 fully saturated rings. The highest BCUT2D eigenvalue weighted by molar-refractivity contribution is 7.89. The average Bonchev–Trinajstić information content (AvgIpc) is 2.29. The summed E-state index contributed by atoms with van der Waals surface area (Å²) in [6.45, 7) is 2.36. The Morgan fingerprint density at radius 2 is 1.94 bits per heavy atom. The highest BCUT2D eigenvalue weighted by atomic mass is 32.2. The number of halogens is 1. The fourth-order valence-corrected chi connectivity index (χ4v) is 2.09. The van der Waals surface area contributed by atoms with E-state index in [1.54, 1.807) is 0 Å². The van der Waals surface area contributed by atoms with Crippen LogP contribution >= 0.6 is 0 Å². The number of ether oxygens (including phenoxy) is 1. The standard InChI is InChI=1S/C11H16FNO3S/c1-2-7-13-17(14,15)9-8-16-11-5-3-10(12)4-6-11/h3-6,13H,2,7-9H2,1H3. The van der Waals surface area contributed by atoms with E-state index in [1.165, 1.54) is 24.3 Å². The van der Waals surface area contributed by atoms with Gasteiger partial charge in [-0.1, -0.05) is 6.92 Å². The van der Waals surface area contributed by atoms with Gasteiger partial charge in [-0.25, -0.2) is 17.5 Å². The van der Waals surface area contributed by atoms with E-state index in [1.807, 2.05) is 6.92 Å². The second-order valence-corrected chi connectivity index (χ2v) is 5.44. The molecular formula is C11H16FNO3S. The van der Waals surface area contributed by atoms with Crippen LogP contribution in [0.4, 0.5) is 4.39 Å². The van der Waals surface area contributed by atoms with Gasteiger partial charge in [0.05, 0.1) is 5.75 Å². The van der Waals surface area contributed by atoms with Crippen LogP contribution < -0.4 is 9.46 Å². The summed E-state index contributed by atoms with van der Waals surface area (Å²) < 4.78 is 43.0. The molecule has 0 atom stereocenters. The van der Waals surface area contributed by atoms with E-state index in [4.69, 9.17) is 4.74 Å². The van der Waals surface area contributed by atoms with Gasteiger partial charge in [-0.2, -0.15) is 0 Å². The van der Waals surface area contributed by atoms with Crippen LogP contribution in [0.3, 0.4) is 0 Å². The Labute approximate surface area is 101 Å². The van der Waals surface area contributed by atoms with E-state index < -0.39 is 10.0 Å². The average molecular weight is 261 g/mol. The van der Waals surface area contributed by atoms with Crippen LogP contribution in [0.15, 0.2) is 24.3 Å². The number of rotatable bonds is 7. The number of hydrogen-bond donors (Lipinski definition) is 1. The summed E-state index contributed by atoms with van der Waals surface area (Å²) >= 11 is 0. The van der Waals surface area contributed by atoms with Gasteiger partial charge >= 0.3 is 0 Å². The molecule has 1 rings (SSSR count). The van der Waals surface area contributed by atoms with Gasteiger partial charge in [0.1, 0.15) is 18.2 Å². The van der Waals surface area contributed by atoms with E-state index in [-0.39, 0.29) is 18.2 Å². The van der Waals surface area contributed by atoms with Crippen LogP contribution in [0.2, 0.25) is 0 Å². The Morgan fingerprint density at radius 1 is 1.29 bits per heavy atom. The van der Waals surface area contributed by atoms with E-state index in [9.17, 15) is 12.8 Å². The lowest BCUT2D eigenvalue weighted by Crippen LogP contribution is -2.29. The molecule has 0 saturated carbocycles. The third-order valence-corrected chi connectivity index (χ3v) is 3.35. The van der Waals surface area contributed by atoms with Gasteiger partial charge in [-0.05, 0) is 30.7 Å². The molecule has 0 spiro atoms. The van der Waals surface area contributed by atoms with Gasteiger partial charge in [-0.15, -0.1) is 0 Å². The minimum absolute atomic E-state index is 0.0463. The van der Waals surface area contributed by atoms with Crippen molar-refractivity contribution in [2.45, 2.75) is 13.3 Å². The number of sulfonamides is 1. The molecule has 0 aliphatic carbocycles. The molecule has 0 aliphatic heterocycles. The van der Waals surface area contributed by atoms with Crippen LogP contribution in [0, 0.1) is 5.82 Å². The number of hydrogen-bond acceptors (Lipinski definition) is 3. The van der Waals surface area contributed by atoms with E-state index in [0.29, 0.717) is 12.3 Å². The third kappa shape index (κ3) is 5.65.